The Morgan fingerprint density at radius 2 is 1.81 bits per heavy atom. The Hall–Kier alpha value is -1.80. The third-order valence-electron chi connectivity index (χ3n) is 4.97. The van der Waals surface area contributed by atoms with Crippen LogP contribution in [0.25, 0.3) is 0 Å². The molecule has 1 aliphatic carbocycles. The van der Waals surface area contributed by atoms with Gasteiger partial charge in [0, 0.05) is 19.2 Å². The standard InChI is InChI=1S/C18H26N2O5S/c1-13-3-5-14(6-4-13)19-18(21)12-20(2)26(22,23)15-7-8-16-17(11-15)25-10-9-24-16/h7-8,11,13-14H,3-6,9-10,12H2,1-2H3,(H,19,21). The lowest BCUT2D eigenvalue weighted by molar-refractivity contribution is -0.122. The Labute approximate surface area is 154 Å². The summed E-state index contributed by atoms with van der Waals surface area (Å²) in [7, 11) is -2.37. The van der Waals surface area contributed by atoms with E-state index in [1.165, 1.54) is 19.2 Å². The Balaban J connectivity index is 1.62. The molecular formula is C18H26N2O5S. The van der Waals surface area contributed by atoms with E-state index in [2.05, 4.69) is 12.2 Å². The zero-order valence-corrected chi connectivity index (χ0v) is 16.0. The molecule has 0 spiro atoms. The fourth-order valence-electron chi connectivity index (χ4n) is 3.33. The Kier molecular flexibility index (Phi) is 5.72. The average Bonchev–Trinajstić information content (AvgIpc) is 2.63. The minimum absolute atomic E-state index is 0.0866. The van der Waals surface area contributed by atoms with Crippen molar-refractivity contribution in [3.8, 4) is 11.5 Å². The van der Waals surface area contributed by atoms with E-state index in [1.54, 1.807) is 6.07 Å². The number of rotatable bonds is 5. The normalized spacial score (nSPS) is 22.9. The fraction of sp³-hybridized carbons (Fsp3) is 0.611. The highest BCUT2D eigenvalue weighted by molar-refractivity contribution is 7.89. The van der Waals surface area contributed by atoms with Gasteiger partial charge in [0.15, 0.2) is 11.5 Å². The molecule has 0 bridgehead atoms. The van der Waals surface area contributed by atoms with Crippen LogP contribution in [0.4, 0.5) is 0 Å². The van der Waals surface area contributed by atoms with Gasteiger partial charge in [-0.15, -0.1) is 0 Å². The molecule has 1 saturated carbocycles. The van der Waals surface area contributed by atoms with Crippen molar-refractivity contribution in [1.29, 1.82) is 0 Å². The minimum atomic E-state index is -3.78. The largest absolute Gasteiger partial charge is 0.486 e. The van der Waals surface area contributed by atoms with Gasteiger partial charge >= 0.3 is 0 Å². The molecule has 1 heterocycles. The quantitative estimate of drug-likeness (QED) is 0.839. The average molecular weight is 382 g/mol. The highest BCUT2D eigenvalue weighted by Gasteiger charge is 2.26. The van der Waals surface area contributed by atoms with E-state index >= 15 is 0 Å². The van der Waals surface area contributed by atoms with Crippen LogP contribution >= 0.6 is 0 Å². The van der Waals surface area contributed by atoms with Crippen LogP contribution in [0.2, 0.25) is 0 Å². The smallest absolute Gasteiger partial charge is 0.243 e. The Morgan fingerprint density at radius 3 is 2.50 bits per heavy atom. The first-order valence-corrected chi connectivity index (χ1v) is 10.5. The van der Waals surface area contributed by atoms with Crippen molar-refractivity contribution in [3.05, 3.63) is 18.2 Å². The van der Waals surface area contributed by atoms with Crippen LogP contribution in [-0.2, 0) is 14.8 Å². The van der Waals surface area contributed by atoms with Crippen LogP contribution in [-0.4, -0.2) is 51.5 Å². The predicted octanol–water partition coefficient (Wildman–Crippen LogP) is 1.77. The van der Waals surface area contributed by atoms with Gasteiger partial charge < -0.3 is 14.8 Å². The van der Waals surface area contributed by atoms with Crippen molar-refractivity contribution >= 4 is 15.9 Å². The van der Waals surface area contributed by atoms with Crippen molar-refractivity contribution < 1.29 is 22.7 Å². The number of nitrogens with one attached hydrogen (secondary N) is 1. The van der Waals surface area contributed by atoms with E-state index in [0.29, 0.717) is 30.6 Å². The summed E-state index contributed by atoms with van der Waals surface area (Å²) in [5.74, 6) is 1.36. The van der Waals surface area contributed by atoms with E-state index in [1.807, 2.05) is 0 Å². The number of carbonyl (C=O) groups is 1. The van der Waals surface area contributed by atoms with Crippen LogP contribution < -0.4 is 14.8 Å². The SMILES string of the molecule is CC1CCC(NC(=O)CN(C)S(=O)(=O)c2ccc3c(c2)OCCO3)CC1. The zero-order chi connectivity index (χ0) is 18.7. The fourth-order valence-corrected chi connectivity index (χ4v) is 4.47. The van der Waals surface area contributed by atoms with Crippen LogP contribution in [0.3, 0.4) is 0 Å². The van der Waals surface area contributed by atoms with Crippen molar-refractivity contribution in [1.82, 2.24) is 9.62 Å². The molecular weight excluding hydrogens is 356 g/mol. The van der Waals surface area contributed by atoms with Crippen molar-refractivity contribution in [2.75, 3.05) is 26.8 Å². The van der Waals surface area contributed by atoms with Gasteiger partial charge in [-0.3, -0.25) is 4.79 Å². The third kappa shape index (κ3) is 4.29. The number of likely N-dealkylation sites (N-methyl/N-ethyl adjacent to an activating group) is 1. The highest BCUT2D eigenvalue weighted by Crippen LogP contribution is 2.33. The lowest BCUT2D eigenvalue weighted by atomic mass is 9.87. The molecule has 144 valence electrons. The lowest BCUT2D eigenvalue weighted by Crippen LogP contribution is -2.43. The lowest BCUT2D eigenvalue weighted by Gasteiger charge is -2.27. The number of hydrogen-bond donors (Lipinski definition) is 1. The molecule has 7 nitrogen and oxygen atoms in total. The summed E-state index contributed by atoms with van der Waals surface area (Å²) in [5, 5.41) is 2.95. The molecule has 0 saturated heterocycles. The molecule has 0 unspecified atom stereocenters. The Bertz CT molecular complexity index is 757. The summed E-state index contributed by atoms with van der Waals surface area (Å²) >= 11 is 0. The number of ether oxygens (including phenoxy) is 2. The first-order valence-electron chi connectivity index (χ1n) is 9.01. The van der Waals surface area contributed by atoms with Gasteiger partial charge in [0.05, 0.1) is 11.4 Å². The van der Waals surface area contributed by atoms with Gasteiger partial charge in [-0.2, -0.15) is 4.31 Å². The molecule has 2 aliphatic rings. The van der Waals surface area contributed by atoms with Crippen LogP contribution in [0.1, 0.15) is 32.6 Å². The summed E-state index contributed by atoms with van der Waals surface area (Å²) in [5.41, 5.74) is 0. The van der Waals surface area contributed by atoms with Crippen molar-refractivity contribution in [3.63, 3.8) is 0 Å². The second-order valence-corrected chi connectivity index (χ2v) is 9.14. The summed E-state index contributed by atoms with van der Waals surface area (Å²) < 4.78 is 37.4. The second-order valence-electron chi connectivity index (χ2n) is 7.09. The number of amides is 1. The molecule has 0 radical (unpaired) electrons. The molecule has 0 atom stereocenters. The van der Waals surface area contributed by atoms with Gasteiger partial charge in [-0.25, -0.2) is 8.42 Å². The number of carbonyl (C=O) groups excluding carboxylic acids is 1. The first kappa shape index (κ1) is 19.0. The van der Waals surface area contributed by atoms with Crippen LogP contribution in [0.15, 0.2) is 23.1 Å². The molecule has 1 amide bonds. The van der Waals surface area contributed by atoms with Gasteiger partial charge in [-0.05, 0) is 43.7 Å². The molecule has 3 rings (SSSR count). The van der Waals surface area contributed by atoms with Crippen molar-refractivity contribution in [2.24, 2.45) is 5.92 Å². The summed E-state index contributed by atoms with van der Waals surface area (Å²) in [6.45, 7) is 2.84. The molecule has 1 aromatic carbocycles. The van der Waals surface area contributed by atoms with Gasteiger partial charge in [-0.1, -0.05) is 6.92 Å². The molecule has 1 fully saturated rings. The highest BCUT2D eigenvalue weighted by atomic mass is 32.2. The van der Waals surface area contributed by atoms with E-state index < -0.39 is 10.0 Å². The summed E-state index contributed by atoms with van der Waals surface area (Å²) in [6, 6.07) is 4.64. The summed E-state index contributed by atoms with van der Waals surface area (Å²) in [4.78, 5) is 12.3. The van der Waals surface area contributed by atoms with Crippen LogP contribution in [0, 0.1) is 5.92 Å². The van der Waals surface area contributed by atoms with E-state index in [-0.39, 0.29) is 23.4 Å². The monoisotopic (exact) mass is 382 g/mol. The molecule has 0 aromatic heterocycles. The number of nitrogens with zero attached hydrogens (tertiary/aromatic N) is 1. The topological polar surface area (TPSA) is 84.9 Å². The summed E-state index contributed by atoms with van der Waals surface area (Å²) in [6.07, 6.45) is 4.09. The number of sulfonamides is 1. The minimum Gasteiger partial charge on any atom is -0.486 e. The van der Waals surface area contributed by atoms with E-state index in [9.17, 15) is 13.2 Å². The Morgan fingerprint density at radius 1 is 1.15 bits per heavy atom. The maximum absolute atomic E-state index is 12.7. The molecule has 1 aromatic rings. The van der Waals surface area contributed by atoms with Gasteiger partial charge in [0.1, 0.15) is 13.2 Å². The molecule has 8 heteroatoms. The zero-order valence-electron chi connectivity index (χ0n) is 15.2. The number of fused-ring (bicyclic) bond motifs is 1. The number of hydrogen-bond acceptors (Lipinski definition) is 5. The van der Waals surface area contributed by atoms with E-state index in [4.69, 9.17) is 9.47 Å². The maximum Gasteiger partial charge on any atom is 0.243 e. The third-order valence-corrected chi connectivity index (χ3v) is 6.77. The second kappa shape index (κ2) is 7.84. The van der Waals surface area contributed by atoms with Crippen LogP contribution in [0.5, 0.6) is 11.5 Å². The molecule has 1 aliphatic heterocycles. The van der Waals surface area contributed by atoms with Crippen molar-refractivity contribution in [2.45, 2.75) is 43.5 Å². The first-order chi connectivity index (χ1) is 12.4. The van der Waals surface area contributed by atoms with Gasteiger partial charge in [0.25, 0.3) is 0 Å². The predicted molar refractivity (Wildman–Crippen MR) is 96.8 cm³/mol. The van der Waals surface area contributed by atoms with Gasteiger partial charge in [0.2, 0.25) is 15.9 Å². The molecule has 26 heavy (non-hydrogen) atoms. The maximum atomic E-state index is 12.7. The van der Waals surface area contributed by atoms with E-state index in [0.717, 1.165) is 30.0 Å². The number of benzene rings is 1. The molecule has 1 N–H and O–H groups in total.